The van der Waals surface area contributed by atoms with E-state index in [9.17, 15) is 9.59 Å². The van der Waals surface area contributed by atoms with Crippen LogP contribution in [0.15, 0.2) is 46.9 Å². The minimum atomic E-state index is -0.234. The summed E-state index contributed by atoms with van der Waals surface area (Å²) in [7, 11) is 7.05. The van der Waals surface area contributed by atoms with Gasteiger partial charge in [0.2, 0.25) is 0 Å². The van der Waals surface area contributed by atoms with Crippen LogP contribution in [0, 0.1) is 0 Å². The highest BCUT2D eigenvalue weighted by Crippen LogP contribution is 2.22. The molecular formula is C20H22BrN5O2. The second-order valence-electron chi connectivity index (χ2n) is 6.76. The molecule has 0 aliphatic carbocycles. The van der Waals surface area contributed by atoms with Gasteiger partial charge in [-0.3, -0.25) is 4.79 Å². The van der Waals surface area contributed by atoms with Crippen molar-refractivity contribution in [3.63, 3.8) is 0 Å². The molecule has 0 unspecified atom stereocenters. The van der Waals surface area contributed by atoms with Gasteiger partial charge in [-0.05, 0) is 46.3 Å². The number of halogens is 1. The molecule has 3 rings (SSSR count). The van der Waals surface area contributed by atoms with Gasteiger partial charge < -0.3 is 19.7 Å². The smallest absolute Gasteiger partial charge is 0.322 e. The van der Waals surface area contributed by atoms with Crippen LogP contribution in [-0.4, -0.2) is 52.4 Å². The summed E-state index contributed by atoms with van der Waals surface area (Å²) in [5, 5.41) is 2.87. The van der Waals surface area contributed by atoms with Crippen LogP contribution >= 0.6 is 15.9 Å². The summed E-state index contributed by atoms with van der Waals surface area (Å²) in [6, 6.07) is 12.7. The fourth-order valence-electron chi connectivity index (χ4n) is 2.84. The maximum absolute atomic E-state index is 12.5. The molecule has 0 aliphatic heterocycles. The second kappa shape index (κ2) is 8.02. The average molecular weight is 444 g/mol. The molecule has 0 atom stereocenters. The van der Waals surface area contributed by atoms with Crippen molar-refractivity contribution in [3.8, 4) is 0 Å². The Morgan fingerprint density at radius 1 is 1.14 bits per heavy atom. The number of fused-ring (bicyclic) bond motifs is 1. The van der Waals surface area contributed by atoms with E-state index >= 15 is 0 Å². The number of urea groups is 1. The van der Waals surface area contributed by atoms with Crippen LogP contribution < -0.4 is 5.32 Å². The van der Waals surface area contributed by atoms with E-state index < -0.39 is 0 Å². The summed E-state index contributed by atoms with van der Waals surface area (Å²) in [5.74, 6) is 0.660. The quantitative estimate of drug-likeness (QED) is 0.667. The van der Waals surface area contributed by atoms with Crippen molar-refractivity contribution in [2.45, 2.75) is 6.54 Å². The first-order valence-corrected chi connectivity index (χ1v) is 9.51. The van der Waals surface area contributed by atoms with Gasteiger partial charge >= 0.3 is 6.03 Å². The number of para-hydroxylation sites is 1. The summed E-state index contributed by atoms with van der Waals surface area (Å²) in [4.78, 5) is 32.4. The van der Waals surface area contributed by atoms with Crippen LogP contribution in [0.25, 0.3) is 11.0 Å². The predicted octanol–water partition coefficient (Wildman–Crippen LogP) is 3.70. The molecule has 3 aromatic rings. The zero-order chi connectivity index (χ0) is 20.4. The van der Waals surface area contributed by atoms with Crippen molar-refractivity contribution in [1.82, 2.24) is 19.4 Å². The minimum Gasteiger partial charge on any atom is -0.345 e. The third kappa shape index (κ3) is 4.01. The van der Waals surface area contributed by atoms with Crippen molar-refractivity contribution in [3.05, 3.63) is 58.3 Å². The van der Waals surface area contributed by atoms with E-state index in [1.165, 1.54) is 4.90 Å². The van der Waals surface area contributed by atoms with Gasteiger partial charge in [0, 0.05) is 38.2 Å². The Morgan fingerprint density at radius 2 is 1.86 bits per heavy atom. The van der Waals surface area contributed by atoms with Crippen molar-refractivity contribution >= 4 is 44.6 Å². The number of rotatable bonds is 4. The number of hydrogen-bond donors (Lipinski definition) is 1. The average Bonchev–Trinajstić information content (AvgIpc) is 2.97. The van der Waals surface area contributed by atoms with Gasteiger partial charge in [-0.2, -0.15) is 0 Å². The number of imidazole rings is 1. The zero-order valence-electron chi connectivity index (χ0n) is 16.2. The van der Waals surface area contributed by atoms with Crippen LogP contribution in [0.1, 0.15) is 16.2 Å². The Kier molecular flexibility index (Phi) is 5.69. The molecule has 8 heteroatoms. The topological polar surface area (TPSA) is 70.5 Å². The lowest BCUT2D eigenvalue weighted by molar-refractivity contribution is 0.0827. The van der Waals surface area contributed by atoms with Gasteiger partial charge in [-0.1, -0.05) is 12.1 Å². The van der Waals surface area contributed by atoms with Gasteiger partial charge in [0.1, 0.15) is 5.82 Å². The number of amides is 3. The highest BCUT2D eigenvalue weighted by atomic mass is 79.9. The van der Waals surface area contributed by atoms with Gasteiger partial charge in [-0.25, -0.2) is 9.78 Å². The molecule has 1 heterocycles. The first-order valence-electron chi connectivity index (χ1n) is 8.71. The summed E-state index contributed by atoms with van der Waals surface area (Å²) in [6.45, 7) is 0.332. The van der Waals surface area contributed by atoms with E-state index in [-0.39, 0.29) is 11.9 Å². The largest absolute Gasteiger partial charge is 0.345 e. The van der Waals surface area contributed by atoms with E-state index in [0.29, 0.717) is 17.8 Å². The van der Waals surface area contributed by atoms with Crippen LogP contribution in [-0.2, 0) is 13.6 Å². The maximum atomic E-state index is 12.5. The van der Waals surface area contributed by atoms with Gasteiger partial charge in [0.05, 0.1) is 23.3 Å². The van der Waals surface area contributed by atoms with Crippen LogP contribution in [0.5, 0.6) is 0 Å². The molecule has 0 fully saturated rings. The molecule has 0 spiro atoms. The van der Waals surface area contributed by atoms with E-state index in [0.717, 1.165) is 21.3 Å². The normalized spacial score (nSPS) is 10.8. The Hall–Kier alpha value is -2.87. The number of benzene rings is 2. The van der Waals surface area contributed by atoms with Crippen LogP contribution in [0.2, 0.25) is 0 Å². The lowest BCUT2D eigenvalue weighted by atomic mass is 10.2. The molecule has 1 aromatic heterocycles. The SMILES string of the molecule is CN(C)C(=O)c1ccc2c(c1)nc(CN(C)C(=O)Nc1ccccc1Br)n2C. The van der Waals surface area contributed by atoms with E-state index in [1.54, 1.807) is 38.2 Å². The number of nitrogens with one attached hydrogen (secondary N) is 1. The molecule has 0 saturated heterocycles. The number of anilines is 1. The summed E-state index contributed by atoms with van der Waals surface area (Å²) in [6.07, 6.45) is 0. The molecule has 7 nitrogen and oxygen atoms in total. The molecule has 0 bridgehead atoms. The summed E-state index contributed by atoms with van der Waals surface area (Å²) < 4.78 is 2.75. The number of carbonyl (C=O) groups is 2. The first-order chi connectivity index (χ1) is 13.3. The number of carbonyl (C=O) groups excluding carboxylic acids is 2. The molecule has 1 N–H and O–H groups in total. The molecule has 3 amide bonds. The van der Waals surface area contributed by atoms with Gasteiger partial charge in [0.25, 0.3) is 5.91 Å². The molecule has 0 radical (unpaired) electrons. The summed E-state index contributed by atoms with van der Waals surface area (Å²) >= 11 is 3.42. The van der Waals surface area contributed by atoms with E-state index in [2.05, 4.69) is 26.2 Å². The fraction of sp³-hybridized carbons (Fsp3) is 0.250. The number of nitrogens with zero attached hydrogens (tertiary/aromatic N) is 4. The Morgan fingerprint density at radius 3 is 2.54 bits per heavy atom. The number of aryl methyl sites for hydroxylation is 1. The van der Waals surface area contributed by atoms with E-state index in [4.69, 9.17) is 0 Å². The van der Waals surface area contributed by atoms with Crippen LogP contribution in [0.4, 0.5) is 10.5 Å². The molecule has 0 aliphatic rings. The molecular weight excluding hydrogens is 422 g/mol. The van der Waals surface area contributed by atoms with Crippen molar-refractivity contribution in [1.29, 1.82) is 0 Å². The van der Waals surface area contributed by atoms with Crippen molar-refractivity contribution in [2.24, 2.45) is 7.05 Å². The van der Waals surface area contributed by atoms with Crippen molar-refractivity contribution < 1.29 is 9.59 Å². The monoisotopic (exact) mass is 443 g/mol. The number of hydrogen-bond acceptors (Lipinski definition) is 3. The van der Waals surface area contributed by atoms with E-state index in [1.807, 2.05) is 41.9 Å². The lowest BCUT2D eigenvalue weighted by Gasteiger charge is -2.18. The molecule has 146 valence electrons. The predicted molar refractivity (Wildman–Crippen MR) is 113 cm³/mol. The molecule has 2 aromatic carbocycles. The van der Waals surface area contributed by atoms with Gasteiger partial charge in [0.15, 0.2) is 0 Å². The first kappa shape index (κ1) is 19.9. The Balaban J connectivity index is 1.79. The zero-order valence-corrected chi connectivity index (χ0v) is 17.8. The third-order valence-corrected chi connectivity index (χ3v) is 5.16. The number of aromatic nitrogens is 2. The molecule has 0 saturated carbocycles. The molecule has 28 heavy (non-hydrogen) atoms. The fourth-order valence-corrected chi connectivity index (χ4v) is 3.22. The standard InChI is InChI=1S/C20H22BrN5O2/c1-24(2)19(27)13-9-10-17-16(11-13)22-18(26(17)4)12-25(3)20(28)23-15-8-6-5-7-14(15)21/h5-11H,12H2,1-4H3,(H,23,28). The highest BCUT2D eigenvalue weighted by Gasteiger charge is 2.16. The highest BCUT2D eigenvalue weighted by molar-refractivity contribution is 9.10. The summed E-state index contributed by atoms with van der Waals surface area (Å²) in [5.41, 5.74) is 2.92. The van der Waals surface area contributed by atoms with Gasteiger partial charge in [-0.15, -0.1) is 0 Å². The lowest BCUT2D eigenvalue weighted by Crippen LogP contribution is -2.31. The minimum absolute atomic E-state index is 0.0703. The third-order valence-electron chi connectivity index (χ3n) is 4.47. The Bertz CT molecular complexity index is 1040. The Labute approximate surface area is 172 Å². The van der Waals surface area contributed by atoms with Crippen molar-refractivity contribution in [2.75, 3.05) is 26.5 Å². The second-order valence-corrected chi connectivity index (χ2v) is 7.61. The van der Waals surface area contributed by atoms with Crippen LogP contribution in [0.3, 0.4) is 0 Å². The maximum Gasteiger partial charge on any atom is 0.322 e.